The molecule has 0 spiro atoms. The first-order valence-electron chi connectivity index (χ1n) is 9.18. The Hall–Kier alpha value is -4.50. The molecular formula is C19H17NO14. The largest absolute Gasteiger partial charge is 0.508 e. The van der Waals surface area contributed by atoms with Crippen molar-refractivity contribution in [2.24, 2.45) is 5.73 Å². The van der Waals surface area contributed by atoms with E-state index in [2.05, 4.69) is 29.3 Å². The van der Waals surface area contributed by atoms with E-state index < -0.39 is 60.3 Å². The van der Waals surface area contributed by atoms with Crippen molar-refractivity contribution < 1.29 is 68.3 Å². The van der Waals surface area contributed by atoms with Gasteiger partial charge in [-0.2, -0.15) is 0 Å². The van der Waals surface area contributed by atoms with E-state index in [-0.39, 0.29) is 12.2 Å². The Morgan fingerprint density at radius 2 is 1.56 bits per heavy atom. The van der Waals surface area contributed by atoms with Crippen LogP contribution in [-0.2, 0) is 64.5 Å². The van der Waals surface area contributed by atoms with Gasteiger partial charge < -0.3 is 15.9 Å². The fourth-order valence-corrected chi connectivity index (χ4v) is 2.30. The number of carbonyl (C=O) groups excluding carboxylic acids is 6. The molecule has 0 saturated carbocycles. The number of carbonyl (C=O) groups is 6. The molecule has 182 valence electrons. The first kappa shape index (κ1) is 25.8. The Labute approximate surface area is 189 Å². The molecule has 34 heavy (non-hydrogen) atoms. The molecule has 0 aliphatic carbocycles. The van der Waals surface area contributed by atoms with Crippen molar-refractivity contribution in [2.75, 3.05) is 0 Å². The maximum atomic E-state index is 12.1. The van der Waals surface area contributed by atoms with Crippen LogP contribution < -0.4 is 5.73 Å². The zero-order valence-electron chi connectivity index (χ0n) is 17.0. The van der Waals surface area contributed by atoms with Crippen LogP contribution in [0.1, 0.15) is 18.4 Å². The van der Waals surface area contributed by atoms with Crippen molar-refractivity contribution in [1.82, 2.24) is 0 Å². The van der Waals surface area contributed by atoms with E-state index in [1.807, 2.05) is 0 Å². The van der Waals surface area contributed by atoms with Gasteiger partial charge in [0.25, 0.3) is 0 Å². The van der Waals surface area contributed by atoms with E-state index in [9.17, 15) is 39.0 Å². The second kappa shape index (κ2) is 11.4. The normalized spacial score (nSPS) is 20.8. The van der Waals surface area contributed by atoms with E-state index in [1.54, 1.807) is 0 Å². The molecule has 0 fully saturated rings. The van der Waals surface area contributed by atoms with E-state index >= 15 is 0 Å². The Bertz CT molecular complexity index is 1000. The first-order valence-corrected chi connectivity index (χ1v) is 9.18. The fourth-order valence-electron chi connectivity index (χ4n) is 2.30. The molecule has 0 saturated heterocycles. The van der Waals surface area contributed by atoms with Gasteiger partial charge in [-0.25, -0.2) is 58.1 Å². The number of rotatable bonds is 5. The summed E-state index contributed by atoms with van der Waals surface area (Å²) >= 11 is 0. The van der Waals surface area contributed by atoms with Crippen LogP contribution in [0.25, 0.3) is 0 Å². The summed E-state index contributed by atoms with van der Waals surface area (Å²) in [5.74, 6) is -8.78. The molecule has 0 bridgehead atoms. The smallest absolute Gasteiger partial charge is 0.387 e. The maximum Gasteiger partial charge on any atom is 0.387 e. The summed E-state index contributed by atoms with van der Waals surface area (Å²) in [4.78, 5) is 94.9. The molecule has 1 aliphatic rings. The summed E-state index contributed by atoms with van der Waals surface area (Å²) in [5, 5.41) is 19.6. The number of hydrogen-bond donors (Lipinski definition) is 3. The number of phenolic OH excluding ortho intramolecular Hbond substituents is 1. The standard InChI is InChI=1S/C19H17NO14/c20-12(7-10-1-3-11(21)4-2-10)17(26)33-32-16(25)9-19(28)8-15(24)31-29-13(22)5-6-14(23)30-34-18(19)27/h1-6,12,21,28H,7-9,20H2/b6-5+. The summed E-state index contributed by atoms with van der Waals surface area (Å²) in [6, 6.07) is 4.38. The Kier molecular flexibility index (Phi) is 8.63. The van der Waals surface area contributed by atoms with Crippen molar-refractivity contribution in [3.8, 4) is 5.75 Å². The molecule has 1 aliphatic heterocycles. The van der Waals surface area contributed by atoms with Gasteiger partial charge in [0, 0.05) is 12.2 Å². The van der Waals surface area contributed by atoms with Crippen LogP contribution >= 0.6 is 0 Å². The van der Waals surface area contributed by atoms with Gasteiger partial charge in [-0.15, -0.1) is 0 Å². The van der Waals surface area contributed by atoms with Crippen LogP contribution in [0.15, 0.2) is 36.4 Å². The zero-order chi connectivity index (χ0) is 25.3. The summed E-state index contributed by atoms with van der Waals surface area (Å²) in [6.07, 6.45) is -1.82. The van der Waals surface area contributed by atoms with Crippen molar-refractivity contribution in [2.45, 2.75) is 30.9 Å². The van der Waals surface area contributed by atoms with E-state index in [0.717, 1.165) is 0 Å². The second-order valence-electron chi connectivity index (χ2n) is 6.68. The third-order valence-corrected chi connectivity index (χ3v) is 3.94. The average molecular weight is 483 g/mol. The van der Waals surface area contributed by atoms with Crippen molar-refractivity contribution in [3.63, 3.8) is 0 Å². The molecule has 2 rings (SSSR count). The van der Waals surface area contributed by atoms with Crippen molar-refractivity contribution >= 4 is 35.8 Å². The highest BCUT2D eigenvalue weighted by Crippen LogP contribution is 2.21. The quantitative estimate of drug-likeness (QED) is 0.315. The number of aliphatic hydroxyl groups is 1. The Morgan fingerprint density at radius 3 is 2.18 bits per heavy atom. The van der Waals surface area contributed by atoms with Gasteiger partial charge in [-0.1, -0.05) is 12.1 Å². The van der Waals surface area contributed by atoms with Crippen molar-refractivity contribution in [1.29, 1.82) is 0 Å². The molecular weight excluding hydrogens is 466 g/mol. The Balaban J connectivity index is 1.98. The molecule has 4 N–H and O–H groups in total. The molecule has 15 nitrogen and oxygen atoms in total. The molecule has 0 amide bonds. The van der Waals surface area contributed by atoms with E-state index in [4.69, 9.17) is 5.73 Å². The van der Waals surface area contributed by atoms with Gasteiger partial charge in [-0.05, 0) is 24.1 Å². The van der Waals surface area contributed by atoms with Gasteiger partial charge in [0.15, 0.2) is 5.60 Å². The van der Waals surface area contributed by atoms with Gasteiger partial charge in [-0.3, -0.25) is 0 Å². The van der Waals surface area contributed by atoms with E-state index in [0.29, 0.717) is 17.7 Å². The molecule has 15 heteroatoms. The lowest BCUT2D eigenvalue weighted by atomic mass is 9.96. The summed E-state index contributed by atoms with van der Waals surface area (Å²) in [6.45, 7) is 0. The van der Waals surface area contributed by atoms with Crippen LogP contribution in [0.2, 0.25) is 0 Å². The van der Waals surface area contributed by atoms with Crippen LogP contribution in [-0.4, -0.2) is 57.7 Å². The number of aromatic hydroxyl groups is 1. The predicted molar refractivity (Wildman–Crippen MR) is 99.7 cm³/mol. The van der Waals surface area contributed by atoms with Crippen molar-refractivity contribution in [3.05, 3.63) is 42.0 Å². The maximum absolute atomic E-state index is 12.1. The molecule has 2 unspecified atom stereocenters. The average Bonchev–Trinajstić information content (AvgIpc) is 2.78. The SMILES string of the molecule is NC(Cc1ccc(O)cc1)C(=O)OOC(=O)CC1(O)CC(=O)OOC(=O)/C=C/C(=O)OOC1=O. The van der Waals surface area contributed by atoms with Crippen LogP contribution in [0.4, 0.5) is 0 Å². The van der Waals surface area contributed by atoms with Gasteiger partial charge in [0.2, 0.25) is 0 Å². The van der Waals surface area contributed by atoms with E-state index in [1.165, 1.54) is 24.3 Å². The highest BCUT2D eigenvalue weighted by atomic mass is 17.2. The minimum atomic E-state index is -3.05. The lowest BCUT2D eigenvalue weighted by Crippen LogP contribution is -2.45. The number of phenols is 1. The first-order chi connectivity index (χ1) is 16.0. The molecule has 1 aromatic carbocycles. The summed E-state index contributed by atoms with van der Waals surface area (Å²) < 4.78 is 0. The lowest BCUT2D eigenvalue weighted by molar-refractivity contribution is -0.277. The molecule has 2 atom stereocenters. The van der Waals surface area contributed by atoms with Gasteiger partial charge in [0.05, 0.1) is 12.8 Å². The summed E-state index contributed by atoms with van der Waals surface area (Å²) in [7, 11) is 0. The molecule has 0 aromatic heterocycles. The van der Waals surface area contributed by atoms with Gasteiger partial charge in [0.1, 0.15) is 11.8 Å². The minimum absolute atomic E-state index is 0.00900. The molecule has 1 heterocycles. The molecule has 1 aromatic rings. The monoisotopic (exact) mass is 483 g/mol. The van der Waals surface area contributed by atoms with Gasteiger partial charge >= 0.3 is 35.8 Å². The number of hydrogen-bond acceptors (Lipinski definition) is 15. The van der Waals surface area contributed by atoms with Crippen LogP contribution in [0.5, 0.6) is 5.75 Å². The fraction of sp³-hybridized carbons (Fsp3) is 0.263. The zero-order valence-corrected chi connectivity index (χ0v) is 17.0. The number of benzene rings is 1. The molecule has 0 radical (unpaired) electrons. The highest BCUT2D eigenvalue weighted by Gasteiger charge is 2.46. The van der Waals surface area contributed by atoms with Crippen LogP contribution in [0.3, 0.4) is 0 Å². The lowest BCUT2D eigenvalue weighted by Gasteiger charge is -2.22. The second-order valence-corrected chi connectivity index (χ2v) is 6.68. The summed E-state index contributed by atoms with van der Waals surface area (Å²) in [5.41, 5.74) is 3.13. The minimum Gasteiger partial charge on any atom is -0.508 e. The Morgan fingerprint density at radius 1 is 0.971 bits per heavy atom. The van der Waals surface area contributed by atoms with Crippen LogP contribution in [0, 0.1) is 0 Å². The number of nitrogens with two attached hydrogens (primary N) is 1. The topological polar surface area (TPSA) is 224 Å². The third-order valence-electron chi connectivity index (χ3n) is 3.94. The third kappa shape index (κ3) is 7.88. The highest BCUT2D eigenvalue weighted by molar-refractivity contribution is 5.93. The predicted octanol–water partition coefficient (Wildman–Crippen LogP) is -1.65.